The molecular weight excluding hydrogens is 444 g/mol. The zero-order valence-corrected chi connectivity index (χ0v) is 18.7. The van der Waals surface area contributed by atoms with E-state index in [-0.39, 0.29) is 10.1 Å². The molecule has 1 unspecified atom stereocenters. The quantitative estimate of drug-likeness (QED) is 0.616. The molecule has 30 heavy (non-hydrogen) atoms. The molecule has 0 radical (unpaired) electrons. The summed E-state index contributed by atoms with van der Waals surface area (Å²) in [6.07, 6.45) is 1.96. The highest BCUT2D eigenvalue weighted by Crippen LogP contribution is 2.32. The molecule has 1 aliphatic rings. The number of halogens is 1. The van der Waals surface area contributed by atoms with Gasteiger partial charge in [-0.3, -0.25) is 4.79 Å². The van der Waals surface area contributed by atoms with Crippen LogP contribution in [0.15, 0.2) is 52.7 Å². The van der Waals surface area contributed by atoms with Gasteiger partial charge >= 0.3 is 0 Å². The Kier molecular flexibility index (Phi) is 5.97. The van der Waals surface area contributed by atoms with Crippen molar-refractivity contribution < 1.29 is 13.2 Å². The maximum absolute atomic E-state index is 13.2. The lowest BCUT2D eigenvalue weighted by atomic mass is 10.0. The first-order chi connectivity index (χ1) is 14.4. The van der Waals surface area contributed by atoms with Gasteiger partial charge in [-0.25, -0.2) is 13.1 Å². The van der Waals surface area contributed by atoms with Crippen LogP contribution in [0, 0.1) is 6.92 Å². The fourth-order valence-corrected chi connectivity index (χ4v) is 6.84. The molecule has 2 aromatic heterocycles. The van der Waals surface area contributed by atoms with Crippen LogP contribution in [-0.2, 0) is 14.8 Å². The second-order valence-corrected chi connectivity index (χ2v) is 10.9. The average molecular weight is 465 g/mol. The van der Waals surface area contributed by atoms with E-state index in [0.29, 0.717) is 29.5 Å². The number of aryl methyl sites for hydroxylation is 1. The molecule has 1 fully saturated rings. The summed E-state index contributed by atoms with van der Waals surface area (Å²) in [4.78, 5) is 13.2. The van der Waals surface area contributed by atoms with E-state index in [1.54, 1.807) is 16.8 Å². The van der Waals surface area contributed by atoms with E-state index >= 15 is 0 Å². The predicted molar refractivity (Wildman–Crippen MR) is 118 cm³/mol. The van der Waals surface area contributed by atoms with Crippen molar-refractivity contribution in [2.24, 2.45) is 0 Å². The molecule has 1 N–H and O–H groups in total. The van der Waals surface area contributed by atoms with Gasteiger partial charge in [0.1, 0.15) is 16.1 Å². The van der Waals surface area contributed by atoms with Gasteiger partial charge in [0.15, 0.2) is 0 Å². The van der Waals surface area contributed by atoms with Crippen LogP contribution >= 0.6 is 22.9 Å². The molecule has 0 aliphatic carbocycles. The zero-order valence-electron chi connectivity index (χ0n) is 16.3. The predicted octanol–water partition coefficient (Wildman–Crippen LogP) is 4.08. The number of anilines is 1. The van der Waals surface area contributed by atoms with Gasteiger partial charge in [0.05, 0.1) is 15.7 Å². The SMILES string of the molecule is Cc1cc(NC(=O)C2CCCCN2S(=O)(=O)c2ccc(Cl)s2)n(-c2ccccc2)n1. The average Bonchev–Trinajstić information content (AvgIpc) is 3.34. The van der Waals surface area contributed by atoms with Gasteiger partial charge in [-0.15, -0.1) is 11.3 Å². The van der Waals surface area contributed by atoms with Gasteiger partial charge < -0.3 is 5.32 Å². The van der Waals surface area contributed by atoms with Crippen LogP contribution in [0.25, 0.3) is 5.69 Å². The number of hydrogen-bond acceptors (Lipinski definition) is 5. The summed E-state index contributed by atoms with van der Waals surface area (Å²) in [5.41, 5.74) is 1.55. The smallest absolute Gasteiger partial charge is 0.253 e. The molecule has 3 aromatic rings. The number of para-hydroxylation sites is 1. The van der Waals surface area contributed by atoms with Crippen LogP contribution < -0.4 is 5.32 Å². The first-order valence-corrected chi connectivity index (χ1v) is 12.2. The molecule has 0 spiro atoms. The summed E-state index contributed by atoms with van der Waals surface area (Å²) < 4.78 is 29.8. The lowest BCUT2D eigenvalue weighted by molar-refractivity contribution is -0.120. The van der Waals surface area contributed by atoms with E-state index in [2.05, 4.69) is 10.4 Å². The maximum Gasteiger partial charge on any atom is 0.253 e. The molecule has 0 saturated carbocycles. The number of sulfonamides is 1. The Morgan fingerprint density at radius 3 is 2.67 bits per heavy atom. The first kappa shape index (κ1) is 21.0. The van der Waals surface area contributed by atoms with E-state index in [4.69, 9.17) is 11.6 Å². The Morgan fingerprint density at radius 2 is 1.97 bits per heavy atom. The molecule has 1 atom stereocenters. The zero-order chi connectivity index (χ0) is 21.3. The second-order valence-electron chi connectivity index (χ2n) is 7.09. The third-order valence-electron chi connectivity index (χ3n) is 4.95. The lowest BCUT2D eigenvalue weighted by Gasteiger charge is -2.33. The summed E-state index contributed by atoms with van der Waals surface area (Å²) >= 11 is 6.94. The van der Waals surface area contributed by atoms with E-state index < -0.39 is 16.1 Å². The number of amides is 1. The number of aromatic nitrogens is 2. The van der Waals surface area contributed by atoms with Crippen LogP contribution in [0.5, 0.6) is 0 Å². The molecule has 1 aromatic carbocycles. The number of thiophene rings is 1. The third kappa shape index (κ3) is 4.15. The standard InChI is InChI=1S/C20H21ClN4O3S2/c1-14-13-18(25(23-14)15-7-3-2-4-8-15)22-20(26)16-9-5-6-12-24(16)30(27,28)19-11-10-17(21)29-19/h2-4,7-8,10-11,13,16H,5-6,9,12H2,1H3,(H,22,26). The Hall–Kier alpha value is -2.20. The van der Waals surface area contributed by atoms with E-state index in [1.807, 2.05) is 37.3 Å². The highest BCUT2D eigenvalue weighted by molar-refractivity contribution is 7.91. The number of carbonyl (C=O) groups is 1. The lowest BCUT2D eigenvalue weighted by Crippen LogP contribution is -2.49. The topological polar surface area (TPSA) is 84.3 Å². The number of nitrogens with zero attached hydrogens (tertiary/aromatic N) is 3. The van der Waals surface area contributed by atoms with Gasteiger partial charge in [-0.05, 0) is 44.0 Å². The van der Waals surface area contributed by atoms with Crippen LogP contribution in [-0.4, -0.2) is 41.0 Å². The molecule has 1 amide bonds. The monoisotopic (exact) mass is 464 g/mol. The largest absolute Gasteiger partial charge is 0.309 e. The molecular formula is C20H21ClN4O3S2. The molecule has 10 heteroatoms. The maximum atomic E-state index is 13.2. The highest BCUT2D eigenvalue weighted by Gasteiger charge is 2.38. The number of piperidine rings is 1. The minimum Gasteiger partial charge on any atom is -0.309 e. The summed E-state index contributed by atoms with van der Waals surface area (Å²) in [6, 6.07) is 13.5. The van der Waals surface area contributed by atoms with Gasteiger partial charge in [-0.2, -0.15) is 9.40 Å². The molecule has 7 nitrogen and oxygen atoms in total. The van der Waals surface area contributed by atoms with Crippen molar-refractivity contribution in [1.29, 1.82) is 0 Å². The van der Waals surface area contributed by atoms with Crippen molar-refractivity contribution in [1.82, 2.24) is 14.1 Å². The highest BCUT2D eigenvalue weighted by atomic mass is 35.5. The number of hydrogen-bond donors (Lipinski definition) is 1. The van der Waals surface area contributed by atoms with Crippen LogP contribution in [0.3, 0.4) is 0 Å². The van der Waals surface area contributed by atoms with E-state index in [1.165, 1.54) is 10.4 Å². The molecule has 4 rings (SSSR count). The van der Waals surface area contributed by atoms with Crippen molar-refractivity contribution in [3.05, 3.63) is 58.6 Å². The van der Waals surface area contributed by atoms with Crippen LogP contribution in [0.4, 0.5) is 5.82 Å². The number of benzene rings is 1. The number of nitrogens with one attached hydrogen (secondary N) is 1. The Labute approximate surface area is 184 Å². The summed E-state index contributed by atoms with van der Waals surface area (Å²) in [7, 11) is -3.80. The molecule has 1 saturated heterocycles. The number of carbonyl (C=O) groups excluding carboxylic acids is 1. The van der Waals surface area contributed by atoms with Crippen molar-refractivity contribution in [3.63, 3.8) is 0 Å². The van der Waals surface area contributed by atoms with Crippen molar-refractivity contribution in [3.8, 4) is 5.69 Å². The Morgan fingerprint density at radius 1 is 1.20 bits per heavy atom. The van der Waals surface area contributed by atoms with Crippen LogP contribution in [0.1, 0.15) is 25.0 Å². The summed E-state index contributed by atoms with van der Waals surface area (Å²) in [5, 5.41) is 7.35. The normalized spacial score (nSPS) is 17.7. The van der Waals surface area contributed by atoms with E-state index in [9.17, 15) is 13.2 Å². The van der Waals surface area contributed by atoms with Crippen molar-refractivity contribution >= 4 is 44.7 Å². The van der Waals surface area contributed by atoms with E-state index in [0.717, 1.165) is 29.1 Å². The molecule has 1 aliphatic heterocycles. The second kappa shape index (κ2) is 8.50. The van der Waals surface area contributed by atoms with Gasteiger partial charge in [0.25, 0.3) is 10.0 Å². The first-order valence-electron chi connectivity index (χ1n) is 9.56. The summed E-state index contributed by atoms with van der Waals surface area (Å²) in [6.45, 7) is 2.14. The minimum absolute atomic E-state index is 0.150. The fourth-order valence-electron chi connectivity index (χ4n) is 3.57. The van der Waals surface area contributed by atoms with Gasteiger partial charge in [0.2, 0.25) is 5.91 Å². The molecule has 3 heterocycles. The molecule has 0 bridgehead atoms. The third-order valence-corrected chi connectivity index (χ3v) is 8.56. The number of rotatable bonds is 5. The summed E-state index contributed by atoms with van der Waals surface area (Å²) in [5.74, 6) is 0.142. The fraction of sp³-hybridized carbons (Fsp3) is 0.300. The van der Waals surface area contributed by atoms with Gasteiger partial charge in [0, 0.05) is 12.6 Å². The van der Waals surface area contributed by atoms with Crippen molar-refractivity contribution in [2.45, 2.75) is 36.4 Å². The van der Waals surface area contributed by atoms with Crippen molar-refractivity contribution in [2.75, 3.05) is 11.9 Å². The minimum atomic E-state index is -3.80. The van der Waals surface area contributed by atoms with Gasteiger partial charge in [-0.1, -0.05) is 36.2 Å². The molecule has 158 valence electrons. The Balaban J connectivity index is 1.61. The van der Waals surface area contributed by atoms with Crippen LogP contribution in [0.2, 0.25) is 4.34 Å². The Bertz CT molecular complexity index is 1160.